The van der Waals surface area contributed by atoms with Gasteiger partial charge in [-0.05, 0) is 134 Å². The van der Waals surface area contributed by atoms with Gasteiger partial charge in [0.05, 0.1) is 59.9 Å². The van der Waals surface area contributed by atoms with Crippen LogP contribution in [0.25, 0.3) is 11.3 Å². The van der Waals surface area contributed by atoms with Crippen molar-refractivity contribution in [2.24, 2.45) is 0 Å². The van der Waals surface area contributed by atoms with Crippen LogP contribution in [-0.2, 0) is 57.2 Å². The largest absolute Gasteiger partial charge is 0.459 e. The third kappa shape index (κ3) is 15.2. The van der Waals surface area contributed by atoms with Gasteiger partial charge in [-0.2, -0.15) is 36.5 Å². The lowest BCUT2D eigenvalue weighted by Crippen LogP contribution is -2.31. The summed E-state index contributed by atoms with van der Waals surface area (Å²) in [5.74, 6) is -10.1. The first-order valence-corrected chi connectivity index (χ1v) is 29.1. The Morgan fingerprint density at radius 3 is 1.48 bits per heavy atom. The molecule has 22 nitrogen and oxygen atoms in total. The van der Waals surface area contributed by atoms with Crippen molar-refractivity contribution in [3.63, 3.8) is 0 Å². The topological polar surface area (TPSA) is 288 Å². The Kier molecular flexibility index (Phi) is 20.7. The van der Waals surface area contributed by atoms with Gasteiger partial charge in [0.25, 0.3) is 23.6 Å². The van der Waals surface area contributed by atoms with Crippen molar-refractivity contribution in [2.45, 2.75) is 116 Å². The molecule has 96 heavy (non-hydrogen) atoms. The molecule has 0 bridgehead atoms. The van der Waals surface area contributed by atoms with Gasteiger partial charge in [0, 0.05) is 25.2 Å². The third-order valence-electron chi connectivity index (χ3n) is 15.9. The lowest BCUT2D eigenvalue weighted by molar-refractivity contribution is -0.143. The number of benzene rings is 4. The maximum Gasteiger partial charge on any atom is 0.419 e. The van der Waals surface area contributed by atoms with Gasteiger partial charge in [-0.1, -0.05) is 31.7 Å². The van der Waals surface area contributed by atoms with E-state index in [1.807, 2.05) is 0 Å². The number of aromatic nitrogens is 6. The number of nitrogens with one attached hydrogen (secondary N) is 4. The molecule has 3 aliphatic rings. The van der Waals surface area contributed by atoms with Crippen LogP contribution in [-0.4, -0.2) is 119 Å². The van der Waals surface area contributed by atoms with E-state index in [9.17, 15) is 77.8 Å². The quantitative estimate of drug-likeness (QED) is 0.0367. The number of aliphatic hydroxyl groups excluding tert-OH is 2. The first-order valence-electron chi connectivity index (χ1n) is 29.1. The van der Waals surface area contributed by atoms with Crippen molar-refractivity contribution in [3.8, 4) is 0 Å². The zero-order valence-corrected chi connectivity index (χ0v) is 50.4. The van der Waals surface area contributed by atoms with Gasteiger partial charge in [-0.15, -0.1) is 0 Å². The molecule has 4 aromatic carbocycles. The molecule has 32 heteroatoms. The van der Waals surface area contributed by atoms with Crippen molar-refractivity contribution < 1.29 is 102 Å². The first kappa shape index (κ1) is 70.4. The minimum absolute atomic E-state index is 0. The number of alkyl halides is 6. The second-order valence-corrected chi connectivity index (χ2v) is 22.7. The van der Waals surface area contributed by atoms with E-state index in [0.29, 0.717) is 78.8 Å². The Morgan fingerprint density at radius 1 is 0.635 bits per heavy atom. The zero-order valence-electron chi connectivity index (χ0n) is 50.4. The summed E-state index contributed by atoms with van der Waals surface area (Å²) in [5, 5.41) is 36.5. The van der Waals surface area contributed by atoms with Gasteiger partial charge in [0.1, 0.15) is 59.8 Å². The first-order chi connectivity index (χ1) is 44.9. The van der Waals surface area contributed by atoms with Crippen molar-refractivity contribution in [1.82, 2.24) is 50.5 Å². The Labute approximate surface area is 538 Å². The minimum Gasteiger partial charge on any atom is -0.459 e. The van der Waals surface area contributed by atoms with Crippen LogP contribution in [0.5, 0.6) is 0 Å². The van der Waals surface area contributed by atoms with E-state index >= 15 is 0 Å². The third-order valence-corrected chi connectivity index (χ3v) is 15.9. The number of ether oxygens (including phenoxy) is 4. The highest BCUT2D eigenvalue weighted by molar-refractivity contribution is 6.00. The molecule has 1 fully saturated rings. The number of hydrogen-bond donors (Lipinski definition) is 6. The standard InChI is InChI=1S/C33H30F5N5O6.C30H26F5N5O6.CH4/c1-16-19-7-9-25(21(19)6-5-20(16)31(46)47-14-18-15-48-32(2,3)49-18)42-30(45)27-11-26(41-28-24(35)13-40-43(27)28)29(44)39-12-17-4-8-23(34)22(10-17)33(36,37)38;1-14-17-5-7-23(19(17)4-3-18(14)29(45)46-13-16(42)12-41)39-28(44)25-9-24(38-26-22(32)11-37-40(25)26)27(43)36-10-15-2-6-21(31)20(8-15)30(33,34)35;/h4-6,8,10-11,13,18,25H,7,9,12,14-15H2,1-3H3,(H,39,44)(H,42,45);2-4,6,8-9,11,16,23,41-42H,5,7,10,12-13H2,1H3,(H,36,43)(H,39,44);1H4/t18?,25-;16?,23-;/m00./s1. The van der Waals surface area contributed by atoms with E-state index < -0.39 is 149 Å². The summed E-state index contributed by atoms with van der Waals surface area (Å²) in [7, 11) is 0. The molecule has 4 aromatic heterocycles. The maximum absolute atomic E-state index is 14.6. The number of nitrogens with zero attached hydrogens (tertiary/aromatic N) is 6. The number of aliphatic hydroxyl groups is 2. The average Bonchev–Trinajstić information content (AvgIpc) is 1.41. The van der Waals surface area contributed by atoms with Crippen molar-refractivity contribution in [3.05, 3.63) is 198 Å². The number of halogens is 10. The number of esters is 2. The fourth-order valence-electron chi connectivity index (χ4n) is 11.1. The molecule has 0 spiro atoms. The van der Waals surface area contributed by atoms with Crippen LogP contribution in [0.2, 0.25) is 0 Å². The van der Waals surface area contributed by atoms with Crippen LogP contribution in [0, 0.1) is 37.1 Å². The number of fused-ring (bicyclic) bond motifs is 4. The van der Waals surface area contributed by atoms with Crippen LogP contribution in [0.15, 0.2) is 85.2 Å². The van der Waals surface area contributed by atoms with Gasteiger partial charge in [0.2, 0.25) is 0 Å². The van der Waals surface area contributed by atoms with Crippen molar-refractivity contribution in [2.75, 3.05) is 26.4 Å². The summed E-state index contributed by atoms with van der Waals surface area (Å²) >= 11 is 0. The van der Waals surface area contributed by atoms with E-state index in [1.54, 1.807) is 45.9 Å². The SMILES string of the molecule is C.Cc1c(C(=O)OCC(O)CO)ccc2c1CC[C@@H]2NC(=O)c1cc(C(=O)NCc2ccc(F)c(C(F)(F)F)c2)nc2c(F)cnn12.Cc1c(C(=O)OCC2COC(C)(C)O2)ccc2c1CC[C@@H]2NC(=O)c1cc(C(=O)NCc2ccc(F)c(C(F)(F)F)c2)nc2c(F)cnn12. The molecule has 1 saturated heterocycles. The fraction of sp³-hybridized carbons (Fsp3) is 0.344. The fourth-order valence-corrected chi connectivity index (χ4v) is 11.1. The Hall–Kier alpha value is -9.92. The molecule has 6 N–H and O–H groups in total. The number of carbonyl (C=O) groups excluding carboxylic acids is 6. The van der Waals surface area contributed by atoms with Gasteiger partial charge < -0.3 is 50.4 Å². The normalized spacial score (nSPS) is 16.6. The molecule has 4 atom stereocenters. The number of hydrogen-bond acceptors (Lipinski definition) is 16. The molecule has 0 saturated carbocycles. The Morgan fingerprint density at radius 2 is 1.07 bits per heavy atom. The lowest BCUT2D eigenvalue weighted by atomic mass is 9.98. The van der Waals surface area contributed by atoms with E-state index in [2.05, 4.69) is 41.4 Å². The molecule has 11 rings (SSSR count). The van der Waals surface area contributed by atoms with Crippen LogP contribution >= 0.6 is 0 Å². The van der Waals surface area contributed by atoms with E-state index in [0.717, 1.165) is 62.4 Å². The van der Waals surface area contributed by atoms with Gasteiger partial charge in [-0.25, -0.2) is 46.1 Å². The predicted octanol–water partition coefficient (Wildman–Crippen LogP) is 8.82. The number of rotatable bonds is 17. The summed E-state index contributed by atoms with van der Waals surface area (Å²) in [6, 6.07) is 12.1. The summed E-state index contributed by atoms with van der Waals surface area (Å²) in [5.41, 5.74) is -0.225. The lowest BCUT2D eigenvalue weighted by Gasteiger charge is -2.18. The highest BCUT2D eigenvalue weighted by Gasteiger charge is 2.38. The number of carbonyl (C=O) groups is 6. The Balaban J connectivity index is 0.000000223. The summed E-state index contributed by atoms with van der Waals surface area (Å²) in [4.78, 5) is 86.3. The minimum atomic E-state index is -4.95. The summed E-state index contributed by atoms with van der Waals surface area (Å²) < 4.78 is 159. The van der Waals surface area contributed by atoms with Crippen molar-refractivity contribution in [1.29, 1.82) is 0 Å². The zero-order chi connectivity index (χ0) is 68.6. The molecule has 1 aliphatic heterocycles. The van der Waals surface area contributed by atoms with Gasteiger partial charge >= 0.3 is 24.3 Å². The molecule has 508 valence electrons. The smallest absolute Gasteiger partial charge is 0.419 e. The molecular formula is C64H60F10N10O12. The molecule has 8 aromatic rings. The van der Waals surface area contributed by atoms with Crippen LogP contribution < -0.4 is 21.3 Å². The molecular weight excluding hydrogens is 1290 g/mol. The van der Waals surface area contributed by atoms with E-state index in [-0.39, 0.29) is 54.8 Å². The molecule has 0 radical (unpaired) electrons. The predicted molar refractivity (Wildman–Crippen MR) is 316 cm³/mol. The van der Waals surface area contributed by atoms with E-state index in [1.165, 1.54) is 6.07 Å². The monoisotopic (exact) mass is 1350 g/mol. The second kappa shape index (κ2) is 28.2. The highest BCUT2D eigenvalue weighted by atomic mass is 19.4. The summed E-state index contributed by atoms with van der Waals surface area (Å²) in [6.07, 6.45) is -7.92. The maximum atomic E-state index is 14.6. The van der Waals surface area contributed by atoms with Crippen LogP contribution in [0.4, 0.5) is 43.9 Å². The van der Waals surface area contributed by atoms with Crippen molar-refractivity contribution >= 4 is 46.9 Å². The Bertz CT molecular complexity index is 4370. The van der Waals surface area contributed by atoms with Crippen LogP contribution in [0.3, 0.4) is 0 Å². The average molecular weight is 1350 g/mol. The van der Waals surface area contributed by atoms with Crippen LogP contribution in [0.1, 0.15) is 165 Å². The van der Waals surface area contributed by atoms with Gasteiger partial charge in [0.15, 0.2) is 28.7 Å². The number of amides is 4. The second-order valence-electron chi connectivity index (χ2n) is 22.7. The van der Waals surface area contributed by atoms with Gasteiger partial charge in [-0.3, -0.25) is 19.2 Å². The molecule has 2 unspecified atom stereocenters. The molecule has 4 amide bonds. The molecule has 5 heterocycles. The van der Waals surface area contributed by atoms with E-state index in [4.69, 9.17) is 24.1 Å². The highest BCUT2D eigenvalue weighted by Crippen LogP contribution is 2.38. The summed E-state index contributed by atoms with van der Waals surface area (Å²) in [6.45, 7) is 5.53. The molecule has 2 aliphatic carbocycles.